The van der Waals surface area contributed by atoms with E-state index in [0.717, 1.165) is 38.9 Å². The second-order valence-corrected chi connectivity index (χ2v) is 19.8. The molecule has 0 saturated carbocycles. The summed E-state index contributed by atoms with van der Waals surface area (Å²) in [4.78, 5) is 14.8. The maximum atomic E-state index is 9.55. The molecule has 0 radical (unpaired) electrons. The van der Waals surface area contributed by atoms with Crippen molar-refractivity contribution < 1.29 is 12.2 Å². The number of hydrogen-bond donors (Lipinski definition) is 0. The Bertz CT molecular complexity index is 2630. The topological polar surface area (TPSA) is 61.5 Å². The van der Waals surface area contributed by atoms with Crippen molar-refractivity contribution in [2.24, 2.45) is 10.4 Å². The summed E-state index contributed by atoms with van der Waals surface area (Å²) in [6.07, 6.45) is 1.65. The zero-order valence-electron chi connectivity index (χ0n) is 36.8. The molecule has 3 aromatic heterocycles. The van der Waals surface area contributed by atoms with E-state index >= 15 is 0 Å². The number of aromatic nitrogens is 3. The first-order valence-corrected chi connectivity index (χ1v) is 19.5. The molecule has 55 heavy (non-hydrogen) atoms. The average Bonchev–Trinajstić information content (AvgIpc) is 3.68. The number of fused-ring (bicyclic) bond motifs is 6. The molecule has 8 rings (SSSR count). The molecule has 1 aliphatic carbocycles. The zero-order valence-corrected chi connectivity index (χ0v) is 34.8. The summed E-state index contributed by atoms with van der Waals surface area (Å²) in [6, 6.07) is 27.3. The summed E-state index contributed by atoms with van der Waals surface area (Å²) in [5, 5.41) is 2.30. The summed E-state index contributed by atoms with van der Waals surface area (Å²) in [5.74, 6) is 2.59. The molecule has 0 unspecified atom stereocenters. The molecule has 3 aromatic carbocycles. The molecule has 0 N–H and O–H groups in total. The van der Waals surface area contributed by atoms with E-state index in [1.54, 1.807) is 6.20 Å². The van der Waals surface area contributed by atoms with Gasteiger partial charge in [-0.25, -0.2) is 9.98 Å². The van der Waals surface area contributed by atoms with E-state index in [-0.39, 0.29) is 16.2 Å². The van der Waals surface area contributed by atoms with Crippen molar-refractivity contribution in [1.82, 2.24) is 14.5 Å². The lowest BCUT2D eigenvalue weighted by Gasteiger charge is -2.45. The van der Waals surface area contributed by atoms with Gasteiger partial charge >= 0.3 is 0 Å². The lowest BCUT2D eigenvalue weighted by Crippen LogP contribution is -2.54. The smallest absolute Gasteiger partial charge is 0.217 e. The first kappa shape index (κ1) is 34.5. The fraction of sp³-hybridized carbons (Fsp3) is 0.408. The van der Waals surface area contributed by atoms with Gasteiger partial charge in [0.25, 0.3) is 0 Å². The number of nitrogens with zero attached hydrogens (tertiary/aromatic N) is 4. The molecule has 0 fully saturated rings. The Balaban J connectivity index is 1.28. The molecule has 0 saturated heterocycles. The van der Waals surface area contributed by atoms with E-state index in [1.807, 2.05) is 58.2 Å². The zero-order chi connectivity index (χ0) is 41.3. The fourth-order valence-corrected chi connectivity index (χ4v) is 8.34. The Morgan fingerprint density at radius 2 is 1.38 bits per heavy atom. The van der Waals surface area contributed by atoms with E-state index in [0.29, 0.717) is 23.1 Å². The quantitative estimate of drug-likeness (QED) is 0.181. The number of aliphatic imine (C=N–C) groups is 1. The van der Waals surface area contributed by atoms with Gasteiger partial charge in [-0.1, -0.05) is 95.2 Å². The minimum atomic E-state index is -1.91. The highest BCUT2D eigenvalue weighted by Gasteiger charge is 2.67. The van der Waals surface area contributed by atoms with Crippen LogP contribution in [0, 0.1) is 5.41 Å². The highest BCUT2D eigenvalue weighted by Crippen LogP contribution is 2.60. The maximum Gasteiger partial charge on any atom is 0.217 e. The first-order chi connectivity index (χ1) is 26.4. The van der Waals surface area contributed by atoms with Gasteiger partial charge in [0.05, 0.1) is 16.7 Å². The molecule has 4 heterocycles. The summed E-state index contributed by atoms with van der Waals surface area (Å²) in [7, 11) is 0. The predicted octanol–water partition coefficient (Wildman–Crippen LogP) is 12.3. The third-order valence-electron chi connectivity index (χ3n) is 11.6. The predicted molar refractivity (Wildman–Crippen MR) is 226 cm³/mol. The highest BCUT2D eigenvalue weighted by atomic mass is 16.5. The Labute approximate surface area is 329 Å². The van der Waals surface area contributed by atoms with Crippen LogP contribution in [0.1, 0.15) is 126 Å². The summed E-state index contributed by atoms with van der Waals surface area (Å²) in [5.41, 5.74) is 4.21. The third kappa shape index (κ3) is 5.95. The summed E-state index contributed by atoms with van der Waals surface area (Å²) >= 11 is 0. The van der Waals surface area contributed by atoms with Crippen LogP contribution in [0.2, 0.25) is 0 Å². The molecule has 1 aliphatic heterocycles. The third-order valence-corrected chi connectivity index (χ3v) is 11.6. The molecule has 2 aliphatic rings. The van der Waals surface area contributed by atoms with Gasteiger partial charge in [0.2, 0.25) is 5.90 Å². The molecule has 284 valence electrons. The Kier molecular flexibility index (Phi) is 7.54. The van der Waals surface area contributed by atoms with Gasteiger partial charge in [0.1, 0.15) is 22.9 Å². The van der Waals surface area contributed by atoms with Gasteiger partial charge in [0, 0.05) is 54.9 Å². The molecule has 0 bridgehead atoms. The molecule has 6 heteroatoms. The van der Waals surface area contributed by atoms with E-state index in [9.17, 15) is 2.74 Å². The van der Waals surface area contributed by atoms with Crippen molar-refractivity contribution in [3.63, 3.8) is 0 Å². The van der Waals surface area contributed by atoms with Crippen LogP contribution in [0.25, 0.3) is 27.6 Å². The van der Waals surface area contributed by atoms with Gasteiger partial charge in [0.15, 0.2) is 5.60 Å². The van der Waals surface area contributed by atoms with Gasteiger partial charge in [-0.2, -0.15) is 0 Å². The molecular weight excluding hydrogens is 677 g/mol. The van der Waals surface area contributed by atoms with E-state index in [2.05, 4.69) is 126 Å². The minimum Gasteiger partial charge on any atom is -0.467 e. The fourth-order valence-electron chi connectivity index (χ4n) is 8.34. The van der Waals surface area contributed by atoms with Crippen LogP contribution in [0.15, 0.2) is 96.2 Å². The lowest BCUT2D eigenvalue weighted by atomic mass is 9.66. The standard InChI is InChI=1S/C49H56N4O2/c1-44(2,3)31-16-19-40-37(26-31)36-18-17-34(28-41(36)53(40)42-27-32(20-22-51-42)45(4,5)6)54-35-24-30(23-33(25-35)46(7,8)9)43-52-48(13)38-15-14-21-50-39(38)29-49(48,55-43)47(10,11)12/h14-28H,29H2,1-13H3/t48-,49-/m1/s1/i29D2. The summed E-state index contributed by atoms with van der Waals surface area (Å²) < 4.78 is 35.2. The highest BCUT2D eigenvalue weighted by molar-refractivity contribution is 6.10. The van der Waals surface area contributed by atoms with Gasteiger partial charge in [-0.05, 0) is 101 Å². The molecule has 0 amide bonds. The monoisotopic (exact) mass is 734 g/mol. The average molecular weight is 735 g/mol. The SMILES string of the molecule is [2H]C1([2H])c2ncccc2[C@@]2(C)N=C(c3cc(Oc4ccc5c6cc(C(C)(C)C)ccc6n(-c6cc(C(C)(C)C)ccn6)c5c4)cc(C(C)(C)C)c3)O[C@@]12C(C)(C)C. The molecule has 0 spiro atoms. The number of rotatable bonds is 4. The Morgan fingerprint density at radius 3 is 2.07 bits per heavy atom. The van der Waals surface area contributed by atoms with Crippen molar-refractivity contribution in [3.05, 3.63) is 125 Å². The second kappa shape index (κ2) is 12.0. The number of pyridine rings is 2. The Morgan fingerprint density at radius 1 is 0.673 bits per heavy atom. The van der Waals surface area contributed by atoms with Crippen LogP contribution in [0.5, 0.6) is 11.5 Å². The van der Waals surface area contributed by atoms with Crippen LogP contribution < -0.4 is 4.74 Å². The van der Waals surface area contributed by atoms with Gasteiger partial charge < -0.3 is 9.47 Å². The largest absolute Gasteiger partial charge is 0.467 e. The molecule has 6 aromatic rings. The molecule has 6 nitrogen and oxygen atoms in total. The van der Waals surface area contributed by atoms with Gasteiger partial charge in [-0.15, -0.1) is 0 Å². The van der Waals surface area contributed by atoms with Crippen molar-refractivity contribution in [2.45, 2.75) is 124 Å². The van der Waals surface area contributed by atoms with Crippen LogP contribution in [-0.4, -0.2) is 26.0 Å². The minimum absolute atomic E-state index is 0.00906. The first-order valence-electron chi connectivity index (χ1n) is 20.5. The van der Waals surface area contributed by atoms with E-state index in [1.165, 1.54) is 16.5 Å². The van der Waals surface area contributed by atoms with Crippen LogP contribution in [0.4, 0.5) is 0 Å². The number of benzene rings is 3. The second-order valence-electron chi connectivity index (χ2n) is 19.8. The normalized spacial score (nSPS) is 21.5. The van der Waals surface area contributed by atoms with Crippen LogP contribution >= 0.6 is 0 Å². The van der Waals surface area contributed by atoms with E-state index in [4.69, 9.17) is 19.5 Å². The van der Waals surface area contributed by atoms with E-state index < -0.39 is 22.9 Å². The summed E-state index contributed by atoms with van der Waals surface area (Å²) in [6.45, 7) is 28.0. The van der Waals surface area contributed by atoms with Crippen LogP contribution in [0.3, 0.4) is 0 Å². The van der Waals surface area contributed by atoms with Crippen molar-refractivity contribution in [3.8, 4) is 17.3 Å². The van der Waals surface area contributed by atoms with Crippen molar-refractivity contribution in [2.75, 3.05) is 0 Å². The maximum absolute atomic E-state index is 9.55. The molecule has 2 atom stereocenters. The number of hydrogen-bond acceptors (Lipinski definition) is 5. The number of ether oxygens (including phenoxy) is 2. The molecular formula is C49H56N4O2. The lowest BCUT2D eigenvalue weighted by molar-refractivity contribution is -0.0675. The van der Waals surface area contributed by atoms with Gasteiger partial charge in [-0.3, -0.25) is 9.55 Å². The van der Waals surface area contributed by atoms with Crippen molar-refractivity contribution in [1.29, 1.82) is 0 Å². The van der Waals surface area contributed by atoms with Crippen molar-refractivity contribution >= 4 is 27.7 Å². The van der Waals surface area contributed by atoms with Crippen LogP contribution in [-0.2, 0) is 32.9 Å². The Hall–Kier alpha value is -4.97.